The van der Waals surface area contributed by atoms with Gasteiger partial charge in [0.1, 0.15) is 24.4 Å². The summed E-state index contributed by atoms with van der Waals surface area (Å²) >= 11 is 0. The molecule has 0 radical (unpaired) electrons. The minimum atomic E-state index is -1.75. The molecule has 0 aromatic rings. The minimum Gasteiger partial charge on any atom is -0.481 e. The molecule has 1 saturated heterocycles. The summed E-state index contributed by atoms with van der Waals surface area (Å²) in [5, 5.41) is 70.1. The molecule has 2 fully saturated rings. The minimum absolute atomic E-state index is 0.0283. The Morgan fingerprint density at radius 2 is 1.77 bits per heavy atom. The number of hydrogen-bond acceptors (Lipinski definition) is 11. The number of aliphatic carboxylic acids is 1. The molecular weight excluding hydrogens is 516 g/mol. The first kappa shape index (κ1) is 31.9. The van der Waals surface area contributed by atoms with E-state index >= 15 is 0 Å². The number of allylic oxidation sites excluding steroid dienone is 1. The average Bonchev–Trinajstić information content (AvgIpc) is 2.80. The van der Waals surface area contributed by atoms with Crippen LogP contribution in [0, 0.1) is 22.7 Å². The van der Waals surface area contributed by atoms with Gasteiger partial charge in [-0.15, -0.1) is 0 Å². The van der Waals surface area contributed by atoms with Crippen molar-refractivity contribution in [1.29, 1.82) is 0 Å². The van der Waals surface area contributed by atoms with Crippen LogP contribution in [0.15, 0.2) is 11.6 Å². The van der Waals surface area contributed by atoms with Crippen molar-refractivity contribution in [3.05, 3.63) is 11.6 Å². The molecule has 1 unspecified atom stereocenters. The van der Waals surface area contributed by atoms with Crippen LogP contribution in [0.25, 0.3) is 0 Å². The Morgan fingerprint density at radius 3 is 2.38 bits per heavy atom. The Bertz CT molecular complexity index is 918. The highest BCUT2D eigenvalue weighted by Gasteiger charge is 2.57. The first-order valence-electron chi connectivity index (χ1n) is 13.4. The van der Waals surface area contributed by atoms with Crippen molar-refractivity contribution >= 4 is 11.9 Å². The molecule has 12 nitrogen and oxygen atoms in total. The third-order valence-corrected chi connectivity index (χ3v) is 8.93. The van der Waals surface area contributed by atoms with Crippen molar-refractivity contribution in [2.75, 3.05) is 19.8 Å². The van der Waals surface area contributed by atoms with Crippen molar-refractivity contribution in [3.63, 3.8) is 0 Å². The topological polar surface area (TPSA) is 203 Å². The van der Waals surface area contributed by atoms with Crippen molar-refractivity contribution in [2.24, 2.45) is 22.7 Å². The molecule has 1 heterocycles. The van der Waals surface area contributed by atoms with Crippen molar-refractivity contribution in [3.8, 4) is 0 Å². The Balaban J connectivity index is 1.74. The number of carbonyl (C=O) groups is 2. The molecule has 3 rings (SSSR count). The highest BCUT2D eigenvalue weighted by molar-refractivity contribution is 5.73. The number of fused-ring (bicyclic) bond motifs is 1. The molecule has 3 aliphatic rings. The summed E-state index contributed by atoms with van der Waals surface area (Å²) < 4.78 is 17.0. The molecule has 0 aromatic carbocycles. The van der Waals surface area contributed by atoms with Gasteiger partial charge in [0.05, 0.1) is 44.4 Å². The van der Waals surface area contributed by atoms with Crippen LogP contribution in [-0.4, -0.2) is 110 Å². The van der Waals surface area contributed by atoms with Gasteiger partial charge < -0.3 is 50.0 Å². The zero-order chi connectivity index (χ0) is 29.3. The van der Waals surface area contributed by atoms with E-state index in [0.717, 1.165) is 5.57 Å². The number of ether oxygens (including phenoxy) is 3. The number of rotatable bonds is 10. The maximum Gasteiger partial charge on any atom is 0.308 e. The first-order valence-corrected chi connectivity index (χ1v) is 13.4. The van der Waals surface area contributed by atoms with Gasteiger partial charge in [-0.2, -0.15) is 0 Å². The maximum atomic E-state index is 12.5. The number of aliphatic hydroxyl groups excluding tert-OH is 5. The molecule has 7 N–H and O–H groups in total. The van der Waals surface area contributed by atoms with Crippen LogP contribution in [-0.2, 0) is 23.8 Å². The lowest BCUT2D eigenvalue weighted by atomic mass is 9.48. The Morgan fingerprint density at radius 1 is 1.10 bits per heavy atom. The molecule has 1 aliphatic heterocycles. The third-order valence-electron chi connectivity index (χ3n) is 8.93. The van der Waals surface area contributed by atoms with E-state index in [1.165, 1.54) is 6.92 Å². The van der Waals surface area contributed by atoms with Gasteiger partial charge in [0.25, 0.3) is 0 Å². The molecule has 2 aliphatic carbocycles. The van der Waals surface area contributed by atoms with Crippen LogP contribution < -0.4 is 0 Å². The molecule has 0 amide bonds. The summed E-state index contributed by atoms with van der Waals surface area (Å²) in [4.78, 5) is 23.5. The van der Waals surface area contributed by atoms with Crippen LogP contribution >= 0.6 is 0 Å². The predicted octanol–water partition coefficient (Wildman–Crippen LogP) is -0.288. The van der Waals surface area contributed by atoms with E-state index in [0.29, 0.717) is 19.3 Å². The molecule has 39 heavy (non-hydrogen) atoms. The molecule has 11 atom stereocenters. The van der Waals surface area contributed by atoms with E-state index in [4.69, 9.17) is 19.3 Å². The lowest BCUT2D eigenvalue weighted by Gasteiger charge is -2.58. The van der Waals surface area contributed by atoms with Gasteiger partial charge in [-0.25, -0.2) is 0 Å². The smallest absolute Gasteiger partial charge is 0.308 e. The van der Waals surface area contributed by atoms with Gasteiger partial charge >= 0.3 is 11.9 Å². The second-order valence-corrected chi connectivity index (χ2v) is 12.4. The lowest BCUT2D eigenvalue weighted by Crippen LogP contribution is -2.60. The zero-order valence-corrected chi connectivity index (χ0v) is 23.0. The zero-order valence-electron chi connectivity index (χ0n) is 23.0. The first-order chi connectivity index (χ1) is 18.0. The summed E-state index contributed by atoms with van der Waals surface area (Å²) in [6, 6.07) is 0. The largest absolute Gasteiger partial charge is 0.481 e. The molecule has 12 heteroatoms. The number of hydrogen-bond donors (Lipinski definition) is 7. The average molecular weight is 561 g/mol. The van der Waals surface area contributed by atoms with Crippen LogP contribution in [0.2, 0.25) is 0 Å². The van der Waals surface area contributed by atoms with Gasteiger partial charge in [-0.1, -0.05) is 25.5 Å². The highest BCUT2D eigenvalue weighted by atomic mass is 16.7. The van der Waals surface area contributed by atoms with Gasteiger partial charge in [-0.05, 0) is 44.4 Å². The monoisotopic (exact) mass is 560 g/mol. The van der Waals surface area contributed by atoms with E-state index in [9.17, 15) is 40.2 Å². The number of aliphatic hydroxyl groups is 6. The van der Waals surface area contributed by atoms with Crippen LogP contribution in [0.4, 0.5) is 0 Å². The standard InChI is InChI=1S/C27H44O12/c1-14-5-6-18-25(2,13-38-20(32)10-26(3,36)9-19(30)31)7-15(29)8-27(18,4)16(14)12-37-24-23(35)22(34)21(33)17(11-28)39-24/h5,15-18,21-24,28-29,33-36H,6-13H2,1-4H3,(H,30,31)/t15-,16-,17+,18-,21+,22-,23+,24+,25+,26?,27+/m0/s1. The molecule has 0 bridgehead atoms. The summed E-state index contributed by atoms with van der Waals surface area (Å²) in [7, 11) is 0. The molecule has 0 aromatic heterocycles. The van der Waals surface area contributed by atoms with E-state index in [-0.39, 0.29) is 25.0 Å². The fourth-order valence-corrected chi connectivity index (χ4v) is 6.98. The second kappa shape index (κ2) is 12.1. The normalized spacial score (nSPS) is 42.2. The van der Waals surface area contributed by atoms with Crippen molar-refractivity contribution < 1.29 is 59.5 Å². The lowest BCUT2D eigenvalue weighted by molar-refractivity contribution is -0.305. The molecule has 1 saturated carbocycles. The number of carboxylic acid groups (broad SMARTS) is 1. The third kappa shape index (κ3) is 6.99. The quantitative estimate of drug-likeness (QED) is 0.136. The summed E-state index contributed by atoms with van der Waals surface area (Å²) in [6.45, 7) is 6.66. The Kier molecular flexibility index (Phi) is 9.87. The van der Waals surface area contributed by atoms with Crippen LogP contribution in [0.1, 0.15) is 59.8 Å². The van der Waals surface area contributed by atoms with Crippen LogP contribution in [0.3, 0.4) is 0 Å². The Labute approximate surface area is 228 Å². The van der Waals surface area contributed by atoms with E-state index in [1.807, 2.05) is 20.8 Å². The van der Waals surface area contributed by atoms with Crippen molar-refractivity contribution in [2.45, 2.75) is 102 Å². The SMILES string of the molecule is CC1=CC[C@H]2[C@@](C)(COC(=O)CC(C)(O)CC(=O)O)C[C@H](O)C[C@]2(C)[C@H]1CO[C@@H]1O[C@H](CO)[C@@H](O)[C@H](O)[C@H]1O. The summed E-state index contributed by atoms with van der Waals surface area (Å²) in [5.41, 5.74) is -1.89. The van der Waals surface area contributed by atoms with E-state index in [1.54, 1.807) is 0 Å². The molecule has 0 spiro atoms. The predicted molar refractivity (Wildman–Crippen MR) is 135 cm³/mol. The van der Waals surface area contributed by atoms with E-state index in [2.05, 4.69) is 6.08 Å². The summed E-state index contributed by atoms with van der Waals surface area (Å²) in [5.74, 6) is -2.24. The molecular formula is C27H44O12. The van der Waals surface area contributed by atoms with Crippen molar-refractivity contribution in [1.82, 2.24) is 0 Å². The second-order valence-electron chi connectivity index (χ2n) is 12.4. The van der Waals surface area contributed by atoms with Gasteiger partial charge in [0.2, 0.25) is 0 Å². The Hall–Kier alpha value is -1.64. The number of carbonyl (C=O) groups excluding carboxylic acids is 1. The fraction of sp³-hybridized carbons (Fsp3) is 0.852. The van der Waals surface area contributed by atoms with Gasteiger partial charge in [0.15, 0.2) is 6.29 Å². The maximum absolute atomic E-state index is 12.5. The highest BCUT2D eigenvalue weighted by Crippen LogP contribution is 2.60. The van der Waals surface area contributed by atoms with Gasteiger partial charge in [-0.3, -0.25) is 9.59 Å². The summed E-state index contributed by atoms with van der Waals surface area (Å²) in [6.07, 6.45) is -5.17. The number of carboxylic acids is 1. The van der Waals surface area contributed by atoms with Gasteiger partial charge in [0, 0.05) is 11.3 Å². The van der Waals surface area contributed by atoms with Crippen LogP contribution in [0.5, 0.6) is 0 Å². The fourth-order valence-electron chi connectivity index (χ4n) is 6.98. The van der Waals surface area contributed by atoms with E-state index < -0.39 is 84.6 Å². The number of esters is 1. The molecule has 224 valence electrons.